The third-order valence-corrected chi connectivity index (χ3v) is 4.98. The number of nitrogens with zero attached hydrogens (tertiary/aromatic N) is 1. The molecule has 1 N–H and O–H groups in total. The summed E-state index contributed by atoms with van der Waals surface area (Å²) in [6, 6.07) is 1.68. The Bertz CT molecular complexity index is 253. The average molecular weight is 252 g/mol. The van der Waals surface area contributed by atoms with Crippen molar-refractivity contribution in [1.82, 2.24) is 10.2 Å². The summed E-state index contributed by atoms with van der Waals surface area (Å²) in [5.41, 5.74) is 0. The minimum atomic E-state index is 0.573. The topological polar surface area (TPSA) is 24.5 Å². The molecule has 0 radical (unpaired) electrons. The van der Waals surface area contributed by atoms with Crippen LogP contribution in [0.5, 0.6) is 0 Å². The van der Waals surface area contributed by atoms with E-state index < -0.39 is 0 Å². The largest absolute Gasteiger partial charge is 0.378 e. The second-order valence-corrected chi connectivity index (χ2v) is 6.28. The van der Waals surface area contributed by atoms with E-state index in [4.69, 9.17) is 4.74 Å². The third kappa shape index (κ3) is 3.25. The maximum absolute atomic E-state index is 5.67. The van der Waals surface area contributed by atoms with Gasteiger partial charge in [-0.05, 0) is 71.0 Å². The van der Waals surface area contributed by atoms with Gasteiger partial charge in [0.15, 0.2) is 0 Å². The standard InChI is InChI=1S/C15H28N2O/c1(5-15-6-3-11-18-15)8-16-13-7-10-17-9-2-4-14(17)12-13/h13-16H,1-12H2. The van der Waals surface area contributed by atoms with Crippen LogP contribution in [0, 0.1) is 0 Å². The summed E-state index contributed by atoms with van der Waals surface area (Å²) in [6.45, 7) is 4.87. The predicted octanol–water partition coefficient (Wildman–Crippen LogP) is 2.16. The molecule has 0 aromatic heterocycles. The van der Waals surface area contributed by atoms with E-state index in [-0.39, 0.29) is 0 Å². The number of rotatable bonds is 5. The molecule has 18 heavy (non-hydrogen) atoms. The zero-order valence-corrected chi connectivity index (χ0v) is 11.6. The van der Waals surface area contributed by atoms with Crippen molar-refractivity contribution in [2.24, 2.45) is 0 Å². The lowest BCUT2D eigenvalue weighted by Crippen LogP contribution is -2.45. The van der Waals surface area contributed by atoms with E-state index in [1.165, 1.54) is 71.0 Å². The van der Waals surface area contributed by atoms with Gasteiger partial charge in [0, 0.05) is 18.7 Å². The highest BCUT2D eigenvalue weighted by molar-refractivity contribution is 4.89. The molecule has 0 amide bonds. The Morgan fingerprint density at radius 2 is 2.11 bits per heavy atom. The van der Waals surface area contributed by atoms with Crippen LogP contribution < -0.4 is 5.32 Å². The second kappa shape index (κ2) is 6.36. The minimum Gasteiger partial charge on any atom is -0.378 e. The van der Waals surface area contributed by atoms with Crippen molar-refractivity contribution >= 4 is 0 Å². The third-order valence-electron chi connectivity index (χ3n) is 4.98. The Hall–Kier alpha value is -0.120. The fraction of sp³-hybridized carbons (Fsp3) is 1.00. The fourth-order valence-corrected chi connectivity index (χ4v) is 3.92. The number of piperidine rings is 1. The molecule has 3 aliphatic heterocycles. The smallest absolute Gasteiger partial charge is 0.0576 e. The highest BCUT2D eigenvalue weighted by Crippen LogP contribution is 2.26. The van der Waals surface area contributed by atoms with Crippen LogP contribution in [0.2, 0.25) is 0 Å². The van der Waals surface area contributed by atoms with Gasteiger partial charge in [0.05, 0.1) is 6.10 Å². The Morgan fingerprint density at radius 1 is 1.11 bits per heavy atom. The SMILES string of the molecule is C(CNC1CCN2CCCC2C1)CC1CCCO1. The van der Waals surface area contributed by atoms with Gasteiger partial charge in [0.2, 0.25) is 0 Å². The van der Waals surface area contributed by atoms with Gasteiger partial charge in [0.1, 0.15) is 0 Å². The number of fused-ring (bicyclic) bond motifs is 1. The molecular weight excluding hydrogens is 224 g/mol. The molecule has 3 saturated heterocycles. The first kappa shape index (κ1) is 12.9. The van der Waals surface area contributed by atoms with Gasteiger partial charge in [-0.2, -0.15) is 0 Å². The molecule has 0 saturated carbocycles. The Morgan fingerprint density at radius 3 is 3.00 bits per heavy atom. The lowest BCUT2D eigenvalue weighted by molar-refractivity contribution is 0.101. The molecule has 0 aliphatic carbocycles. The molecule has 3 heteroatoms. The van der Waals surface area contributed by atoms with E-state index in [9.17, 15) is 0 Å². The van der Waals surface area contributed by atoms with Crippen LogP contribution in [-0.4, -0.2) is 49.3 Å². The van der Waals surface area contributed by atoms with Crippen LogP contribution in [0.1, 0.15) is 51.4 Å². The molecule has 0 spiro atoms. The summed E-state index contributed by atoms with van der Waals surface area (Å²) in [5.74, 6) is 0. The average Bonchev–Trinajstić information content (AvgIpc) is 3.05. The summed E-state index contributed by atoms with van der Waals surface area (Å²) in [6.07, 6.45) is 11.3. The van der Waals surface area contributed by atoms with Crippen LogP contribution in [0.25, 0.3) is 0 Å². The fourth-order valence-electron chi connectivity index (χ4n) is 3.92. The quantitative estimate of drug-likeness (QED) is 0.759. The van der Waals surface area contributed by atoms with E-state index in [2.05, 4.69) is 10.2 Å². The highest BCUT2D eigenvalue weighted by Gasteiger charge is 2.31. The first-order valence-corrected chi connectivity index (χ1v) is 8.01. The molecule has 3 nitrogen and oxygen atoms in total. The van der Waals surface area contributed by atoms with E-state index in [1.807, 2.05) is 0 Å². The van der Waals surface area contributed by atoms with Crippen molar-refractivity contribution in [3.8, 4) is 0 Å². The van der Waals surface area contributed by atoms with Gasteiger partial charge in [-0.25, -0.2) is 0 Å². The molecule has 104 valence electrons. The first-order chi connectivity index (χ1) is 8.92. The summed E-state index contributed by atoms with van der Waals surface area (Å²) in [4.78, 5) is 2.70. The van der Waals surface area contributed by atoms with E-state index >= 15 is 0 Å². The lowest BCUT2D eigenvalue weighted by atomic mass is 9.97. The number of ether oxygens (including phenoxy) is 1. The summed E-state index contributed by atoms with van der Waals surface area (Å²) < 4.78 is 5.67. The van der Waals surface area contributed by atoms with E-state index in [1.54, 1.807) is 0 Å². The molecule has 0 bridgehead atoms. The molecule has 3 aliphatic rings. The van der Waals surface area contributed by atoms with Crippen molar-refractivity contribution in [3.05, 3.63) is 0 Å². The first-order valence-electron chi connectivity index (χ1n) is 8.01. The van der Waals surface area contributed by atoms with Crippen molar-refractivity contribution in [2.75, 3.05) is 26.2 Å². The Labute approximate surface area is 111 Å². The molecule has 0 aromatic rings. The minimum absolute atomic E-state index is 0.573. The van der Waals surface area contributed by atoms with Crippen molar-refractivity contribution in [3.63, 3.8) is 0 Å². The van der Waals surface area contributed by atoms with Crippen LogP contribution in [-0.2, 0) is 4.74 Å². The molecular formula is C15H28N2O. The number of hydrogen-bond acceptors (Lipinski definition) is 3. The van der Waals surface area contributed by atoms with Gasteiger partial charge in [-0.3, -0.25) is 0 Å². The van der Waals surface area contributed by atoms with Crippen LogP contribution in [0.3, 0.4) is 0 Å². The van der Waals surface area contributed by atoms with Crippen LogP contribution >= 0.6 is 0 Å². The van der Waals surface area contributed by atoms with E-state index in [0.717, 1.165) is 18.7 Å². The Kier molecular flexibility index (Phi) is 4.55. The molecule has 3 fully saturated rings. The highest BCUT2D eigenvalue weighted by atomic mass is 16.5. The zero-order valence-electron chi connectivity index (χ0n) is 11.6. The summed E-state index contributed by atoms with van der Waals surface area (Å²) in [7, 11) is 0. The zero-order chi connectivity index (χ0) is 12.2. The lowest BCUT2D eigenvalue weighted by Gasteiger charge is -2.35. The van der Waals surface area contributed by atoms with Gasteiger partial charge in [-0.1, -0.05) is 0 Å². The van der Waals surface area contributed by atoms with Gasteiger partial charge < -0.3 is 15.0 Å². The summed E-state index contributed by atoms with van der Waals surface area (Å²) in [5, 5.41) is 3.78. The molecule has 3 rings (SSSR count). The van der Waals surface area contributed by atoms with E-state index in [0.29, 0.717) is 6.10 Å². The molecule has 0 aromatic carbocycles. The number of hydrogen-bond donors (Lipinski definition) is 1. The van der Waals surface area contributed by atoms with Gasteiger partial charge in [-0.15, -0.1) is 0 Å². The van der Waals surface area contributed by atoms with Crippen LogP contribution in [0.4, 0.5) is 0 Å². The Balaban J connectivity index is 1.29. The second-order valence-electron chi connectivity index (χ2n) is 6.28. The molecule has 3 atom stereocenters. The predicted molar refractivity (Wildman–Crippen MR) is 73.8 cm³/mol. The molecule has 3 unspecified atom stereocenters. The summed E-state index contributed by atoms with van der Waals surface area (Å²) >= 11 is 0. The monoisotopic (exact) mass is 252 g/mol. The van der Waals surface area contributed by atoms with Gasteiger partial charge >= 0.3 is 0 Å². The van der Waals surface area contributed by atoms with Crippen LogP contribution in [0.15, 0.2) is 0 Å². The normalized spacial score (nSPS) is 37.0. The number of nitrogens with one attached hydrogen (secondary N) is 1. The van der Waals surface area contributed by atoms with Gasteiger partial charge in [0.25, 0.3) is 0 Å². The molecule has 3 heterocycles. The maximum atomic E-state index is 5.67. The van der Waals surface area contributed by atoms with Crippen molar-refractivity contribution < 1.29 is 4.74 Å². The van der Waals surface area contributed by atoms with Crippen molar-refractivity contribution in [1.29, 1.82) is 0 Å². The van der Waals surface area contributed by atoms with Crippen molar-refractivity contribution in [2.45, 2.75) is 69.6 Å². The maximum Gasteiger partial charge on any atom is 0.0576 e.